The van der Waals surface area contributed by atoms with E-state index in [0.29, 0.717) is 17.2 Å². The molecule has 1 atom stereocenters. The highest BCUT2D eigenvalue weighted by molar-refractivity contribution is 7.99. The quantitative estimate of drug-likeness (QED) is 0.446. The molecule has 33 heavy (non-hydrogen) atoms. The number of thioether (sulfide) groups is 1. The van der Waals surface area contributed by atoms with E-state index in [1.54, 1.807) is 23.1 Å². The van der Waals surface area contributed by atoms with Gasteiger partial charge in [0, 0.05) is 23.4 Å². The maximum atomic E-state index is 13.3. The first-order valence-corrected chi connectivity index (χ1v) is 13.2. The lowest BCUT2D eigenvalue weighted by atomic mass is 9.95. The second-order valence-electron chi connectivity index (χ2n) is 8.50. The molecule has 3 rings (SSSR count). The summed E-state index contributed by atoms with van der Waals surface area (Å²) in [6, 6.07) is 13.3. The molecule has 178 valence electrons. The minimum atomic E-state index is -0.554. The van der Waals surface area contributed by atoms with Crippen LogP contribution in [0.4, 0.5) is 4.39 Å². The molecule has 0 unspecified atom stereocenters. The summed E-state index contributed by atoms with van der Waals surface area (Å²) < 4.78 is 13.1. The Morgan fingerprint density at radius 2 is 1.82 bits per heavy atom. The van der Waals surface area contributed by atoms with E-state index < -0.39 is 6.04 Å². The van der Waals surface area contributed by atoms with Gasteiger partial charge in [-0.1, -0.05) is 68.1 Å². The number of hydrogen-bond acceptors (Lipinski definition) is 3. The van der Waals surface area contributed by atoms with Gasteiger partial charge in [0.2, 0.25) is 11.8 Å². The van der Waals surface area contributed by atoms with Gasteiger partial charge in [-0.15, -0.1) is 11.8 Å². The summed E-state index contributed by atoms with van der Waals surface area (Å²) in [6.07, 6.45) is 5.99. The molecule has 1 aliphatic carbocycles. The van der Waals surface area contributed by atoms with Crippen LogP contribution in [0.2, 0.25) is 5.02 Å². The van der Waals surface area contributed by atoms with E-state index in [9.17, 15) is 14.0 Å². The van der Waals surface area contributed by atoms with E-state index in [2.05, 4.69) is 5.32 Å². The standard InChI is InChI=1S/C26H32ClFN2O2S/c1-2-24(26(32)29-22-9-4-3-5-10-22)30(16-20-8-6-7-11-23(20)27)25(31)18-33-17-19-12-14-21(28)15-13-19/h6-8,11-15,22,24H,2-5,9-10,16-18H2,1H3,(H,29,32)/t24-/m0/s1. The molecule has 1 N–H and O–H groups in total. The van der Waals surface area contributed by atoms with Crippen molar-refractivity contribution in [1.82, 2.24) is 10.2 Å². The van der Waals surface area contributed by atoms with Crippen molar-refractivity contribution in [3.8, 4) is 0 Å². The summed E-state index contributed by atoms with van der Waals surface area (Å²) >= 11 is 7.84. The molecular formula is C26H32ClFN2O2S. The van der Waals surface area contributed by atoms with Gasteiger partial charge >= 0.3 is 0 Å². The van der Waals surface area contributed by atoms with Crippen LogP contribution < -0.4 is 5.32 Å². The van der Waals surface area contributed by atoms with Gasteiger partial charge in [0.15, 0.2) is 0 Å². The largest absolute Gasteiger partial charge is 0.352 e. The summed E-state index contributed by atoms with van der Waals surface area (Å²) in [6.45, 7) is 2.22. The Hall–Kier alpha value is -2.05. The molecule has 0 bridgehead atoms. The molecule has 0 aromatic heterocycles. The van der Waals surface area contributed by atoms with Gasteiger partial charge in [-0.05, 0) is 48.6 Å². The van der Waals surface area contributed by atoms with Crippen molar-refractivity contribution in [2.75, 3.05) is 5.75 Å². The minimum Gasteiger partial charge on any atom is -0.352 e. The van der Waals surface area contributed by atoms with Gasteiger partial charge in [0.1, 0.15) is 11.9 Å². The summed E-state index contributed by atoms with van der Waals surface area (Å²) in [4.78, 5) is 28.2. The first-order valence-electron chi connectivity index (χ1n) is 11.6. The minimum absolute atomic E-state index is 0.0895. The van der Waals surface area contributed by atoms with Crippen molar-refractivity contribution in [3.63, 3.8) is 0 Å². The van der Waals surface area contributed by atoms with E-state index in [0.717, 1.165) is 36.8 Å². The van der Waals surface area contributed by atoms with Gasteiger partial charge in [-0.25, -0.2) is 4.39 Å². The monoisotopic (exact) mass is 490 g/mol. The first-order chi connectivity index (χ1) is 16.0. The highest BCUT2D eigenvalue weighted by Crippen LogP contribution is 2.23. The number of halogens is 2. The maximum absolute atomic E-state index is 13.3. The van der Waals surface area contributed by atoms with Gasteiger partial charge in [0.25, 0.3) is 0 Å². The fourth-order valence-corrected chi connectivity index (χ4v) is 5.26. The van der Waals surface area contributed by atoms with Crippen LogP contribution in [0.1, 0.15) is 56.6 Å². The SMILES string of the molecule is CC[C@@H](C(=O)NC1CCCCC1)N(Cc1ccccc1Cl)C(=O)CSCc1ccc(F)cc1. The van der Waals surface area contributed by atoms with Gasteiger partial charge in [0.05, 0.1) is 5.75 Å². The number of benzene rings is 2. The van der Waals surface area contributed by atoms with Gasteiger partial charge in [-0.2, -0.15) is 0 Å². The molecule has 2 aromatic rings. The number of carbonyl (C=O) groups is 2. The Morgan fingerprint density at radius 3 is 2.48 bits per heavy atom. The summed E-state index contributed by atoms with van der Waals surface area (Å²) in [5.41, 5.74) is 1.77. The maximum Gasteiger partial charge on any atom is 0.243 e. The summed E-state index contributed by atoms with van der Waals surface area (Å²) in [7, 11) is 0. The number of nitrogens with one attached hydrogen (secondary N) is 1. The van der Waals surface area contributed by atoms with Crippen LogP contribution in [-0.2, 0) is 21.9 Å². The Kier molecular flexibility index (Phi) is 10.1. The predicted molar refractivity (Wildman–Crippen MR) is 134 cm³/mol. The average Bonchev–Trinajstić information content (AvgIpc) is 2.82. The smallest absolute Gasteiger partial charge is 0.243 e. The first kappa shape index (κ1) is 25.6. The van der Waals surface area contributed by atoms with Crippen molar-refractivity contribution in [2.45, 2.75) is 69.8 Å². The van der Waals surface area contributed by atoms with Gasteiger partial charge in [-0.3, -0.25) is 9.59 Å². The molecule has 0 radical (unpaired) electrons. The Bertz CT molecular complexity index is 919. The van der Waals surface area contributed by atoms with Crippen LogP contribution in [0.25, 0.3) is 0 Å². The lowest BCUT2D eigenvalue weighted by molar-refractivity contribution is -0.139. The van der Waals surface area contributed by atoms with Crippen molar-refractivity contribution < 1.29 is 14.0 Å². The molecule has 1 aliphatic rings. The van der Waals surface area contributed by atoms with Crippen LogP contribution in [0.3, 0.4) is 0 Å². The van der Waals surface area contributed by atoms with E-state index in [1.807, 2.05) is 25.1 Å². The molecule has 2 aromatic carbocycles. The highest BCUT2D eigenvalue weighted by atomic mass is 35.5. The molecule has 1 fully saturated rings. The Morgan fingerprint density at radius 1 is 1.12 bits per heavy atom. The fraction of sp³-hybridized carbons (Fsp3) is 0.462. The number of carbonyl (C=O) groups excluding carboxylic acids is 2. The van der Waals surface area contributed by atoms with Crippen molar-refractivity contribution in [2.24, 2.45) is 0 Å². The highest BCUT2D eigenvalue weighted by Gasteiger charge is 2.30. The average molecular weight is 491 g/mol. The predicted octanol–water partition coefficient (Wildman–Crippen LogP) is 5.97. The number of hydrogen-bond donors (Lipinski definition) is 1. The molecule has 0 heterocycles. The molecule has 0 saturated heterocycles. The van der Waals surface area contributed by atoms with Crippen LogP contribution in [0, 0.1) is 5.82 Å². The topological polar surface area (TPSA) is 49.4 Å². The van der Waals surface area contributed by atoms with Crippen LogP contribution in [0.5, 0.6) is 0 Å². The second kappa shape index (κ2) is 13.0. The zero-order valence-corrected chi connectivity index (χ0v) is 20.6. The third-order valence-electron chi connectivity index (χ3n) is 6.04. The van der Waals surface area contributed by atoms with E-state index in [4.69, 9.17) is 11.6 Å². The van der Waals surface area contributed by atoms with Crippen molar-refractivity contribution >= 4 is 35.2 Å². The molecular weight excluding hydrogens is 459 g/mol. The molecule has 4 nitrogen and oxygen atoms in total. The van der Waals surface area contributed by atoms with Crippen molar-refractivity contribution in [1.29, 1.82) is 0 Å². The third-order valence-corrected chi connectivity index (χ3v) is 7.40. The normalized spacial score (nSPS) is 15.1. The van der Waals surface area contributed by atoms with Crippen molar-refractivity contribution in [3.05, 3.63) is 70.5 Å². The summed E-state index contributed by atoms with van der Waals surface area (Å²) in [5, 5.41) is 3.77. The Labute approximate surface area is 205 Å². The van der Waals surface area contributed by atoms with E-state index >= 15 is 0 Å². The molecule has 7 heteroatoms. The molecule has 0 aliphatic heterocycles. The molecule has 2 amide bonds. The Balaban J connectivity index is 1.70. The van der Waals surface area contributed by atoms with Gasteiger partial charge < -0.3 is 10.2 Å². The lowest BCUT2D eigenvalue weighted by Crippen LogP contribution is -2.52. The van der Waals surface area contributed by atoms with Crippen LogP contribution >= 0.6 is 23.4 Å². The zero-order chi connectivity index (χ0) is 23.6. The summed E-state index contributed by atoms with van der Waals surface area (Å²) in [5.74, 6) is 0.355. The number of rotatable bonds is 10. The number of amides is 2. The second-order valence-corrected chi connectivity index (χ2v) is 9.89. The van der Waals surface area contributed by atoms with Crippen LogP contribution in [-0.4, -0.2) is 34.6 Å². The van der Waals surface area contributed by atoms with E-state index in [1.165, 1.54) is 30.3 Å². The number of nitrogens with zero attached hydrogens (tertiary/aromatic N) is 1. The third kappa shape index (κ3) is 7.75. The molecule has 0 spiro atoms. The van der Waals surface area contributed by atoms with Crippen LogP contribution in [0.15, 0.2) is 48.5 Å². The lowest BCUT2D eigenvalue weighted by Gasteiger charge is -2.33. The fourth-order valence-electron chi connectivity index (χ4n) is 4.19. The van der Waals surface area contributed by atoms with E-state index in [-0.39, 0.29) is 36.0 Å². The molecule has 1 saturated carbocycles. The zero-order valence-electron chi connectivity index (χ0n) is 19.1.